The van der Waals surface area contributed by atoms with Crippen molar-refractivity contribution in [2.45, 2.75) is 39.3 Å². The number of hydrogen-bond acceptors (Lipinski definition) is 6. The van der Waals surface area contributed by atoms with E-state index in [2.05, 4.69) is 69.5 Å². The van der Waals surface area contributed by atoms with Crippen molar-refractivity contribution in [2.75, 3.05) is 45.2 Å². The number of likely N-dealkylation sites (N-methyl/N-ethyl adjacent to an activating group) is 1. The monoisotopic (exact) mass is 434 g/mol. The zero-order valence-electron chi connectivity index (χ0n) is 19.7. The molecule has 0 radical (unpaired) electrons. The minimum Gasteiger partial charge on any atom is -0.355 e. The largest absolute Gasteiger partial charge is 0.355 e. The zero-order valence-corrected chi connectivity index (χ0v) is 19.7. The molecule has 0 N–H and O–H groups in total. The maximum absolute atomic E-state index is 12.5. The van der Waals surface area contributed by atoms with Crippen molar-refractivity contribution in [1.29, 1.82) is 0 Å². The van der Waals surface area contributed by atoms with Crippen LogP contribution < -0.4 is 4.90 Å². The average molecular weight is 435 g/mol. The third kappa shape index (κ3) is 4.84. The van der Waals surface area contributed by atoms with Crippen LogP contribution >= 0.6 is 0 Å². The van der Waals surface area contributed by atoms with Gasteiger partial charge in [-0.15, -0.1) is 0 Å². The fourth-order valence-electron chi connectivity index (χ4n) is 4.35. The van der Waals surface area contributed by atoms with Crippen LogP contribution in [0.5, 0.6) is 0 Å². The van der Waals surface area contributed by atoms with Crippen molar-refractivity contribution in [2.24, 2.45) is 0 Å². The maximum Gasteiger partial charge on any atom is 0.138 e. The zero-order chi connectivity index (χ0) is 22.7. The molecule has 0 spiro atoms. The molecule has 0 aromatic carbocycles. The van der Waals surface area contributed by atoms with Gasteiger partial charge in [0.05, 0.1) is 17.4 Å². The minimum absolute atomic E-state index is 0.0934. The fraction of sp³-hybridized carbons (Fsp3) is 0.480. The molecule has 0 bridgehead atoms. The van der Waals surface area contributed by atoms with Crippen molar-refractivity contribution >= 4 is 17.2 Å². The summed E-state index contributed by atoms with van der Waals surface area (Å²) in [6.45, 7) is 8.79. The van der Waals surface area contributed by atoms with Crippen molar-refractivity contribution in [1.82, 2.24) is 24.2 Å². The molecule has 1 saturated heterocycles. The number of rotatable bonds is 8. The van der Waals surface area contributed by atoms with Gasteiger partial charge in [-0.1, -0.05) is 19.1 Å². The van der Waals surface area contributed by atoms with Crippen LogP contribution in [-0.4, -0.2) is 70.2 Å². The predicted octanol–water partition coefficient (Wildman–Crippen LogP) is 3.33. The highest BCUT2D eigenvalue weighted by Crippen LogP contribution is 2.28. The molecule has 1 aliphatic heterocycles. The Labute approximate surface area is 190 Å². The summed E-state index contributed by atoms with van der Waals surface area (Å²) < 4.78 is 2.18. The lowest BCUT2D eigenvalue weighted by atomic mass is 10.0. The van der Waals surface area contributed by atoms with E-state index in [1.54, 1.807) is 0 Å². The van der Waals surface area contributed by atoms with Gasteiger partial charge in [0.15, 0.2) is 0 Å². The highest BCUT2D eigenvalue weighted by molar-refractivity contribution is 5.78. The number of aryl methyl sites for hydroxylation is 1. The average Bonchev–Trinajstić information content (AvgIpc) is 3.23. The standard InChI is InChI=1S/C25H34N6O/c1-5-20(32)16-23(29(4)17-21-19(2)8-7-11-26-21)22-18-31-24(27-22)9-6-10-25(31)30-14-12-28(3)13-15-30/h6-11,18,23H,5,12-17H2,1-4H3. The highest BCUT2D eigenvalue weighted by Gasteiger charge is 2.25. The second-order valence-electron chi connectivity index (χ2n) is 8.86. The first-order valence-corrected chi connectivity index (χ1v) is 11.5. The van der Waals surface area contributed by atoms with Gasteiger partial charge in [0, 0.05) is 58.0 Å². The third-order valence-electron chi connectivity index (χ3n) is 6.52. The lowest BCUT2D eigenvalue weighted by Crippen LogP contribution is -2.45. The Morgan fingerprint density at radius 2 is 1.94 bits per heavy atom. The van der Waals surface area contributed by atoms with Gasteiger partial charge in [-0.25, -0.2) is 4.98 Å². The van der Waals surface area contributed by atoms with E-state index < -0.39 is 0 Å². The number of carbonyl (C=O) groups excluding carboxylic acids is 1. The van der Waals surface area contributed by atoms with E-state index in [1.807, 2.05) is 25.3 Å². The van der Waals surface area contributed by atoms with Gasteiger partial charge in [0.2, 0.25) is 0 Å². The maximum atomic E-state index is 12.5. The van der Waals surface area contributed by atoms with Crippen LogP contribution in [0.3, 0.4) is 0 Å². The Hall–Kier alpha value is -2.77. The van der Waals surface area contributed by atoms with Gasteiger partial charge in [-0.3, -0.25) is 19.1 Å². The van der Waals surface area contributed by atoms with Crippen LogP contribution in [0.4, 0.5) is 5.82 Å². The molecule has 170 valence electrons. The van der Waals surface area contributed by atoms with E-state index in [1.165, 1.54) is 0 Å². The molecular formula is C25H34N6O. The number of aromatic nitrogens is 3. The minimum atomic E-state index is -0.0934. The molecule has 1 aliphatic rings. The van der Waals surface area contributed by atoms with Crippen LogP contribution in [0.2, 0.25) is 0 Å². The molecule has 7 heteroatoms. The number of pyridine rings is 2. The summed E-state index contributed by atoms with van der Waals surface area (Å²) in [6, 6.07) is 10.2. The second-order valence-corrected chi connectivity index (χ2v) is 8.86. The number of hydrogen-bond donors (Lipinski definition) is 0. The highest BCUT2D eigenvalue weighted by atomic mass is 16.1. The summed E-state index contributed by atoms with van der Waals surface area (Å²) in [5, 5.41) is 0. The predicted molar refractivity (Wildman–Crippen MR) is 128 cm³/mol. The van der Waals surface area contributed by atoms with Crippen LogP contribution in [0.15, 0.2) is 42.7 Å². The van der Waals surface area contributed by atoms with Crippen molar-refractivity contribution in [3.05, 3.63) is 59.7 Å². The Bertz CT molecular complexity index is 1070. The Kier molecular flexibility index (Phi) is 6.86. The summed E-state index contributed by atoms with van der Waals surface area (Å²) in [6.07, 6.45) is 4.94. The van der Waals surface area contributed by atoms with E-state index in [4.69, 9.17) is 4.98 Å². The molecule has 1 atom stereocenters. The molecule has 4 rings (SSSR count). The normalized spacial score (nSPS) is 16.1. The van der Waals surface area contributed by atoms with Crippen LogP contribution in [-0.2, 0) is 11.3 Å². The summed E-state index contributed by atoms with van der Waals surface area (Å²) in [7, 11) is 4.23. The number of nitrogens with zero attached hydrogens (tertiary/aromatic N) is 6. The first-order valence-electron chi connectivity index (χ1n) is 11.5. The molecule has 0 saturated carbocycles. The first-order chi connectivity index (χ1) is 15.5. The van der Waals surface area contributed by atoms with E-state index in [9.17, 15) is 4.79 Å². The number of Topliss-reactive ketones (excluding diaryl/α,β-unsaturated/α-hetero) is 1. The summed E-state index contributed by atoms with van der Waals surface area (Å²) in [5.41, 5.74) is 4.05. The van der Waals surface area contributed by atoms with Crippen LogP contribution in [0.25, 0.3) is 5.65 Å². The molecule has 3 aromatic rings. The lowest BCUT2D eigenvalue weighted by Gasteiger charge is -2.34. The number of imidazole rings is 1. The van der Waals surface area contributed by atoms with Crippen LogP contribution in [0.1, 0.15) is 42.8 Å². The van der Waals surface area contributed by atoms with Crippen molar-refractivity contribution in [3.63, 3.8) is 0 Å². The van der Waals surface area contributed by atoms with Crippen LogP contribution in [0, 0.1) is 6.92 Å². The molecule has 1 fully saturated rings. The molecule has 0 amide bonds. The van der Waals surface area contributed by atoms with Gasteiger partial charge in [-0.2, -0.15) is 0 Å². The molecular weight excluding hydrogens is 400 g/mol. The van der Waals surface area contributed by atoms with E-state index in [-0.39, 0.29) is 11.8 Å². The summed E-state index contributed by atoms with van der Waals surface area (Å²) in [5.74, 6) is 1.41. The Morgan fingerprint density at radius 3 is 2.66 bits per heavy atom. The smallest absolute Gasteiger partial charge is 0.138 e. The van der Waals surface area contributed by atoms with E-state index >= 15 is 0 Å². The number of carbonyl (C=O) groups is 1. The quantitative estimate of drug-likeness (QED) is 0.542. The topological polar surface area (TPSA) is 57.0 Å². The Morgan fingerprint density at radius 1 is 1.16 bits per heavy atom. The van der Waals surface area contributed by atoms with Gasteiger partial charge in [0.1, 0.15) is 17.2 Å². The van der Waals surface area contributed by atoms with Crippen molar-refractivity contribution in [3.8, 4) is 0 Å². The molecule has 32 heavy (non-hydrogen) atoms. The number of fused-ring (bicyclic) bond motifs is 1. The molecule has 3 aromatic heterocycles. The SMILES string of the molecule is CCC(=O)CC(c1cn2c(N3CCN(C)CC3)cccc2n1)N(C)Cc1ncccc1C. The van der Waals surface area contributed by atoms with E-state index in [0.29, 0.717) is 19.4 Å². The number of piperazine rings is 1. The van der Waals surface area contributed by atoms with Gasteiger partial charge < -0.3 is 9.80 Å². The number of ketones is 1. The molecule has 7 nitrogen and oxygen atoms in total. The van der Waals surface area contributed by atoms with Crippen molar-refractivity contribution < 1.29 is 4.79 Å². The first kappa shape index (κ1) is 22.4. The third-order valence-corrected chi connectivity index (χ3v) is 6.52. The number of anilines is 1. The molecule has 0 aliphatic carbocycles. The van der Waals surface area contributed by atoms with Gasteiger partial charge in [-0.05, 0) is 44.8 Å². The fourth-order valence-corrected chi connectivity index (χ4v) is 4.35. The molecule has 1 unspecified atom stereocenters. The summed E-state index contributed by atoms with van der Waals surface area (Å²) >= 11 is 0. The molecule has 4 heterocycles. The second kappa shape index (κ2) is 9.79. The summed E-state index contributed by atoms with van der Waals surface area (Å²) in [4.78, 5) is 29.0. The van der Waals surface area contributed by atoms with E-state index in [0.717, 1.165) is 54.6 Å². The lowest BCUT2D eigenvalue weighted by molar-refractivity contribution is -0.120. The van der Waals surface area contributed by atoms with Gasteiger partial charge >= 0.3 is 0 Å². The Balaban J connectivity index is 1.66. The van der Waals surface area contributed by atoms with Gasteiger partial charge in [0.25, 0.3) is 0 Å².